The summed E-state index contributed by atoms with van der Waals surface area (Å²) >= 11 is 0. The molecule has 1 saturated heterocycles. The van der Waals surface area contributed by atoms with Crippen molar-refractivity contribution in [2.45, 2.75) is 32.1 Å². The molecule has 1 amide bonds. The van der Waals surface area contributed by atoms with Crippen LogP contribution in [0.2, 0.25) is 0 Å². The minimum atomic E-state index is -0.120. The first-order valence-electron chi connectivity index (χ1n) is 9.66. The van der Waals surface area contributed by atoms with E-state index in [0.29, 0.717) is 5.82 Å². The lowest BCUT2D eigenvalue weighted by molar-refractivity contribution is -0.114. The Hall–Kier alpha value is -3.14. The standard InChI is InChI=1S/C21H22N6O/c1-13-5-16(6-20(24-13)26-10-15(8-22)11-26)27-12-21(3-4-21)17-9-23-19(7-18(17)27)25-14(2)28/h5-7,9,15H,3-4,10-12H2,1-2H3,(H,23,25,28). The molecular formula is C21H22N6O. The first-order valence-corrected chi connectivity index (χ1v) is 9.66. The van der Waals surface area contributed by atoms with Gasteiger partial charge in [-0.05, 0) is 25.8 Å². The highest BCUT2D eigenvalue weighted by atomic mass is 16.1. The molecule has 1 saturated carbocycles. The van der Waals surface area contributed by atoms with Gasteiger partial charge >= 0.3 is 0 Å². The van der Waals surface area contributed by atoms with Crippen molar-refractivity contribution >= 4 is 28.9 Å². The zero-order chi connectivity index (χ0) is 19.5. The number of anilines is 4. The fourth-order valence-corrected chi connectivity index (χ4v) is 4.31. The minimum Gasteiger partial charge on any atom is -0.354 e. The van der Waals surface area contributed by atoms with E-state index in [9.17, 15) is 4.79 Å². The number of rotatable bonds is 3. The van der Waals surface area contributed by atoms with Crippen molar-refractivity contribution in [2.24, 2.45) is 5.92 Å². The zero-order valence-corrected chi connectivity index (χ0v) is 16.1. The lowest BCUT2D eigenvalue weighted by Crippen LogP contribution is -2.46. The van der Waals surface area contributed by atoms with E-state index in [1.165, 1.54) is 25.3 Å². The second-order valence-corrected chi connectivity index (χ2v) is 8.19. The summed E-state index contributed by atoms with van der Waals surface area (Å²) in [5, 5.41) is 11.9. The van der Waals surface area contributed by atoms with Gasteiger partial charge in [-0.1, -0.05) is 0 Å². The number of carbonyl (C=O) groups excluding carboxylic acids is 1. The lowest BCUT2D eigenvalue weighted by atomic mass is 10.0. The number of amides is 1. The van der Waals surface area contributed by atoms with Gasteiger partial charge in [0.05, 0.1) is 17.7 Å². The van der Waals surface area contributed by atoms with Crippen molar-refractivity contribution in [1.82, 2.24) is 9.97 Å². The van der Waals surface area contributed by atoms with Crippen LogP contribution in [-0.2, 0) is 10.2 Å². The van der Waals surface area contributed by atoms with Crippen LogP contribution in [0.3, 0.4) is 0 Å². The van der Waals surface area contributed by atoms with Crippen LogP contribution in [0.5, 0.6) is 0 Å². The van der Waals surface area contributed by atoms with E-state index < -0.39 is 0 Å². The summed E-state index contributed by atoms with van der Waals surface area (Å²) in [7, 11) is 0. The number of aryl methyl sites for hydroxylation is 1. The van der Waals surface area contributed by atoms with Crippen molar-refractivity contribution in [3.8, 4) is 6.07 Å². The van der Waals surface area contributed by atoms with Crippen LogP contribution in [0, 0.1) is 24.2 Å². The van der Waals surface area contributed by atoms with E-state index in [2.05, 4.69) is 43.3 Å². The third-order valence-electron chi connectivity index (χ3n) is 5.99. The predicted octanol–water partition coefficient (Wildman–Crippen LogP) is 2.89. The molecule has 2 aliphatic heterocycles. The first-order chi connectivity index (χ1) is 13.5. The van der Waals surface area contributed by atoms with Crippen molar-refractivity contribution in [1.29, 1.82) is 5.26 Å². The second-order valence-electron chi connectivity index (χ2n) is 8.19. The lowest BCUT2D eigenvalue weighted by Gasteiger charge is -2.37. The van der Waals surface area contributed by atoms with Crippen LogP contribution >= 0.6 is 0 Å². The molecule has 4 heterocycles. The van der Waals surface area contributed by atoms with Gasteiger partial charge in [0, 0.05) is 67.2 Å². The Morgan fingerprint density at radius 1 is 1.32 bits per heavy atom. The van der Waals surface area contributed by atoms with Crippen LogP contribution < -0.4 is 15.1 Å². The van der Waals surface area contributed by atoms with E-state index in [1.807, 2.05) is 19.2 Å². The van der Waals surface area contributed by atoms with Gasteiger partial charge in [-0.3, -0.25) is 4.79 Å². The molecule has 0 radical (unpaired) electrons. The normalized spacial score (nSPS) is 19.2. The van der Waals surface area contributed by atoms with Crippen LogP contribution in [-0.4, -0.2) is 35.5 Å². The number of hydrogen-bond donors (Lipinski definition) is 1. The maximum absolute atomic E-state index is 11.5. The molecule has 2 aromatic rings. The molecule has 0 bridgehead atoms. The zero-order valence-electron chi connectivity index (χ0n) is 16.1. The predicted molar refractivity (Wildman–Crippen MR) is 107 cm³/mol. The first kappa shape index (κ1) is 17.0. The summed E-state index contributed by atoms with van der Waals surface area (Å²) in [5.41, 5.74) is 4.64. The number of hydrogen-bond acceptors (Lipinski definition) is 6. The molecule has 28 heavy (non-hydrogen) atoms. The van der Waals surface area contributed by atoms with Crippen molar-refractivity contribution in [3.63, 3.8) is 0 Å². The van der Waals surface area contributed by atoms with Gasteiger partial charge in [0.25, 0.3) is 0 Å². The molecule has 0 aromatic carbocycles. The quantitative estimate of drug-likeness (QED) is 0.889. The Bertz CT molecular complexity index is 1020. The van der Waals surface area contributed by atoms with E-state index >= 15 is 0 Å². The monoisotopic (exact) mass is 374 g/mol. The summed E-state index contributed by atoms with van der Waals surface area (Å²) in [6.45, 7) is 5.91. The van der Waals surface area contributed by atoms with E-state index in [1.54, 1.807) is 0 Å². The smallest absolute Gasteiger partial charge is 0.222 e. The molecule has 2 aromatic heterocycles. The average molecular weight is 374 g/mol. The van der Waals surface area contributed by atoms with E-state index in [4.69, 9.17) is 5.26 Å². The number of nitrogens with zero attached hydrogens (tertiary/aromatic N) is 5. The summed E-state index contributed by atoms with van der Waals surface area (Å²) in [5.74, 6) is 1.49. The summed E-state index contributed by atoms with van der Waals surface area (Å²) < 4.78 is 0. The SMILES string of the molecule is CC(=O)Nc1cc2c(cn1)C1(CC1)CN2c1cc(C)nc(N2CC(C#N)C2)c1. The third-order valence-corrected chi connectivity index (χ3v) is 5.99. The van der Waals surface area contributed by atoms with Crippen molar-refractivity contribution in [3.05, 3.63) is 35.7 Å². The summed E-state index contributed by atoms with van der Waals surface area (Å²) in [4.78, 5) is 25.1. The summed E-state index contributed by atoms with van der Waals surface area (Å²) in [6.07, 6.45) is 4.27. The number of fused-ring (bicyclic) bond motifs is 2. The molecule has 1 aliphatic carbocycles. The Kier molecular flexibility index (Phi) is 3.60. The molecule has 0 unspecified atom stereocenters. The van der Waals surface area contributed by atoms with Crippen LogP contribution in [0.4, 0.5) is 23.0 Å². The topological polar surface area (TPSA) is 85.2 Å². The van der Waals surface area contributed by atoms with Gasteiger partial charge in [-0.25, -0.2) is 9.97 Å². The Labute approximate surface area is 164 Å². The van der Waals surface area contributed by atoms with Crippen LogP contribution in [0.25, 0.3) is 0 Å². The number of pyridine rings is 2. The van der Waals surface area contributed by atoms with Gasteiger partial charge in [0.15, 0.2) is 0 Å². The Morgan fingerprint density at radius 3 is 2.79 bits per heavy atom. The number of nitriles is 1. The van der Waals surface area contributed by atoms with Crippen molar-refractivity contribution in [2.75, 3.05) is 34.8 Å². The molecule has 7 nitrogen and oxygen atoms in total. The Balaban J connectivity index is 1.52. The maximum Gasteiger partial charge on any atom is 0.222 e. The van der Waals surface area contributed by atoms with Gasteiger partial charge < -0.3 is 15.1 Å². The van der Waals surface area contributed by atoms with Gasteiger partial charge in [-0.2, -0.15) is 5.26 Å². The average Bonchev–Trinajstić information content (AvgIpc) is 3.31. The molecule has 5 rings (SSSR count). The molecule has 7 heteroatoms. The van der Waals surface area contributed by atoms with Crippen molar-refractivity contribution < 1.29 is 4.79 Å². The van der Waals surface area contributed by atoms with E-state index in [0.717, 1.165) is 42.5 Å². The minimum absolute atomic E-state index is 0.0966. The molecular weight excluding hydrogens is 352 g/mol. The highest BCUT2D eigenvalue weighted by Gasteiger charge is 2.52. The van der Waals surface area contributed by atoms with Crippen LogP contribution in [0.15, 0.2) is 24.4 Å². The molecule has 0 atom stereocenters. The highest BCUT2D eigenvalue weighted by Crippen LogP contribution is 2.58. The number of nitrogens with one attached hydrogen (secondary N) is 1. The third kappa shape index (κ3) is 2.68. The van der Waals surface area contributed by atoms with Gasteiger partial charge in [0.1, 0.15) is 11.6 Å². The number of carbonyl (C=O) groups is 1. The van der Waals surface area contributed by atoms with E-state index in [-0.39, 0.29) is 17.2 Å². The number of aromatic nitrogens is 2. The Morgan fingerprint density at radius 2 is 2.11 bits per heavy atom. The fraction of sp³-hybridized carbons (Fsp3) is 0.429. The molecule has 142 valence electrons. The highest BCUT2D eigenvalue weighted by molar-refractivity contribution is 5.89. The molecule has 1 N–H and O–H groups in total. The molecule has 3 aliphatic rings. The largest absolute Gasteiger partial charge is 0.354 e. The van der Waals surface area contributed by atoms with Crippen LogP contribution in [0.1, 0.15) is 31.0 Å². The van der Waals surface area contributed by atoms with Gasteiger partial charge in [-0.15, -0.1) is 0 Å². The summed E-state index contributed by atoms with van der Waals surface area (Å²) in [6, 6.07) is 8.52. The van der Waals surface area contributed by atoms with Gasteiger partial charge in [0.2, 0.25) is 5.91 Å². The molecule has 1 spiro atoms. The fourth-order valence-electron chi connectivity index (χ4n) is 4.31. The maximum atomic E-state index is 11.5. The second kappa shape index (κ2) is 5.93. The molecule has 2 fully saturated rings.